The van der Waals surface area contributed by atoms with Crippen molar-refractivity contribution < 1.29 is 24.5 Å². The van der Waals surface area contributed by atoms with Gasteiger partial charge in [0, 0.05) is 12.3 Å². The highest BCUT2D eigenvalue weighted by Gasteiger charge is 2.44. The van der Waals surface area contributed by atoms with Gasteiger partial charge in [0.2, 0.25) is 0 Å². The SMILES string of the molecule is Cc1ccc(C(=O)OC[C@H]2O[C@@H](n3ccc(=O)n(Cc4ccccc4)c3=O)[C@H](O)[C@@H]2O)cc1. The number of aliphatic hydroxyl groups excluding tert-OH is 2. The third-order valence-corrected chi connectivity index (χ3v) is 5.56. The first-order chi connectivity index (χ1) is 15.8. The van der Waals surface area contributed by atoms with Gasteiger partial charge < -0.3 is 19.7 Å². The highest BCUT2D eigenvalue weighted by molar-refractivity contribution is 5.89. The molecule has 1 aliphatic rings. The predicted octanol–water partition coefficient (Wildman–Crippen LogP) is 0.843. The third kappa shape index (κ3) is 4.80. The van der Waals surface area contributed by atoms with E-state index in [0.29, 0.717) is 5.56 Å². The summed E-state index contributed by atoms with van der Waals surface area (Å²) in [5.41, 5.74) is 0.889. The fraction of sp³-hybridized carbons (Fsp3) is 0.292. The van der Waals surface area contributed by atoms with E-state index in [9.17, 15) is 24.6 Å². The number of aromatic nitrogens is 2. The first-order valence-corrected chi connectivity index (χ1v) is 10.5. The van der Waals surface area contributed by atoms with Crippen molar-refractivity contribution in [3.05, 3.63) is 104 Å². The lowest BCUT2D eigenvalue weighted by atomic mass is 10.1. The Morgan fingerprint density at radius 3 is 2.39 bits per heavy atom. The number of ether oxygens (including phenoxy) is 2. The van der Waals surface area contributed by atoms with E-state index < -0.39 is 41.8 Å². The number of benzene rings is 2. The minimum Gasteiger partial charge on any atom is -0.459 e. The number of nitrogens with zero attached hydrogens (tertiary/aromatic N) is 2. The molecule has 4 rings (SSSR count). The Hall–Kier alpha value is -3.53. The van der Waals surface area contributed by atoms with Crippen molar-refractivity contribution in [2.24, 2.45) is 0 Å². The molecule has 1 saturated heterocycles. The van der Waals surface area contributed by atoms with E-state index >= 15 is 0 Å². The van der Waals surface area contributed by atoms with Gasteiger partial charge in [0.25, 0.3) is 5.56 Å². The zero-order valence-electron chi connectivity index (χ0n) is 17.9. The molecule has 2 aromatic carbocycles. The Balaban J connectivity index is 1.50. The summed E-state index contributed by atoms with van der Waals surface area (Å²) in [6.45, 7) is 1.62. The smallest absolute Gasteiger partial charge is 0.338 e. The second-order valence-corrected chi connectivity index (χ2v) is 7.93. The number of aliphatic hydroxyl groups is 2. The lowest BCUT2D eigenvalue weighted by Crippen LogP contribution is -2.43. The van der Waals surface area contributed by atoms with Gasteiger partial charge in [-0.3, -0.25) is 13.9 Å². The molecule has 33 heavy (non-hydrogen) atoms. The van der Waals surface area contributed by atoms with Crippen LogP contribution in [0.2, 0.25) is 0 Å². The molecule has 0 spiro atoms. The molecule has 9 nitrogen and oxygen atoms in total. The van der Waals surface area contributed by atoms with Gasteiger partial charge in [0.15, 0.2) is 6.23 Å². The second-order valence-electron chi connectivity index (χ2n) is 7.93. The number of carbonyl (C=O) groups excluding carboxylic acids is 1. The molecule has 1 aliphatic heterocycles. The summed E-state index contributed by atoms with van der Waals surface area (Å²) in [6, 6.07) is 17.0. The van der Waals surface area contributed by atoms with Crippen LogP contribution in [0.4, 0.5) is 0 Å². The van der Waals surface area contributed by atoms with Crippen LogP contribution in [0.1, 0.15) is 27.7 Å². The van der Waals surface area contributed by atoms with Crippen molar-refractivity contribution in [2.75, 3.05) is 6.61 Å². The van der Waals surface area contributed by atoms with E-state index in [1.165, 1.54) is 12.3 Å². The van der Waals surface area contributed by atoms with Crippen molar-refractivity contribution in [1.29, 1.82) is 0 Å². The van der Waals surface area contributed by atoms with Crippen LogP contribution in [0.3, 0.4) is 0 Å². The van der Waals surface area contributed by atoms with Crippen molar-refractivity contribution in [1.82, 2.24) is 9.13 Å². The number of esters is 1. The highest BCUT2D eigenvalue weighted by atomic mass is 16.6. The maximum atomic E-state index is 13.0. The summed E-state index contributed by atoms with van der Waals surface area (Å²) in [5.74, 6) is -0.600. The maximum Gasteiger partial charge on any atom is 0.338 e. The summed E-state index contributed by atoms with van der Waals surface area (Å²) >= 11 is 0. The minimum absolute atomic E-state index is 0.0440. The molecular formula is C24H24N2O7. The number of aryl methyl sites for hydroxylation is 1. The zero-order valence-corrected chi connectivity index (χ0v) is 17.9. The van der Waals surface area contributed by atoms with Crippen LogP contribution in [0.5, 0.6) is 0 Å². The summed E-state index contributed by atoms with van der Waals surface area (Å²) in [5, 5.41) is 20.9. The van der Waals surface area contributed by atoms with E-state index in [1.54, 1.807) is 48.5 Å². The predicted molar refractivity (Wildman–Crippen MR) is 118 cm³/mol. The molecule has 2 N–H and O–H groups in total. The molecule has 9 heteroatoms. The lowest BCUT2D eigenvalue weighted by Gasteiger charge is -2.18. The lowest BCUT2D eigenvalue weighted by molar-refractivity contribution is -0.0603. The van der Waals surface area contributed by atoms with Gasteiger partial charge in [0.1, 0.15) is 24.9 Å². The average molecular weight is 452 g/mol. The molecular weight excluding hydrogens is 428 g/mol. The van der Waals surface area contributed by atoms with E-state index in [4.69, 9.17) is 9.47 Å². The zero-order chi connectivity index (χ0) is 23.5. The van der Waals surface area contributed by atoms with E-state index in [1.807, 2.05) is 13.0 Å². The quantitative estimate of drug-likeness (QED) is 0.532. The molecule has 1 aromatic heterocycles. The van der Waals surface area contributed by atoms with Crippen LogP contribution in [0, 0.1) is 6.92 Å². The maximum absolute atomic E-state index is 13.0. The van der Waals surface area contributed by atoms with Gasteiger partial charge in [-0.05, 0) is 24.6 Å². The van der Waals surface area contributed by atoms with Gasteiger partial charge in [-0.2, -0.15) is 0 Å². The summed E-state index contributed by atoms with van der Waals surface area (Å²) in [7, 11) is 0. The molecule has 0 aliphatic carbocycles. The standard InChI is InChI=1S/C24H24N2O7/c1-15-7-9-17(10-8-15)23(30)32-14-18-20(28)21(29)22(33-18)25-12-11-19(27)26(24(25)31)13-16-5-3-2-4-6-16/h2-12,18,20-22,28-29H,13-14H2,1H3/t18-,20-,21-,22-/m1/s1. The van der Waals surface area contributed by atoms with Crippen LogP contribution >= 0.6 is 0 Å². The normalized spacial score (nSPS) is 22.3. The molecule has 3 aromatic rings. The van der Waals surface area contributed by atoms with Gasteiger partial charge >= 0.3 is 11.7 Å². The van der Waals surface area contributed by atoms with Crippen LogP contribution in [0.15, 0.2) is 76.4 Å². The molecule has 2 heterocycles. The van der Waals surface area contributed by atoms with Crippen molar-refractivity contribution in [3.8, 4) is 0 Å². The Morgan fingerprint density at radius 2 is 1.70 bits per heavy atom. The third-order valence-electron chi connectivity index (χ3n) is 5.56. The number of hydrogen-bond donors (Lipinski definition) is 2. The molecule has 0 bridgehead atoms. The van der Waals surface area contributed by atoms with Crippen LogP contribution < -0.4 is 11.2 Å². The summed E-state index contributed by atoms with van der Waals surface area (Å²) in [6.07, 6.45) is -3.96. The number of rotatable bonds is 6. The van der Waals surface area contributed by atoms with Gasteiger partial charge in [0.05, 0.1) is 12.1 Å². The van der Waals surface area contributed by atoms with Gasteiger partial charge in [-0.25, -0.2) is 9.59 Å². The largest absolute Gasteiger partial charge is 0.459 e. The second kappa shape index (κ2) is 9.53. The Labute approximate surface area is 189 Å². The van der Waals surface area contributed by atoms with Crippen molar-refractivity contribution >= 4 is 5.97 Å². The first-order valence-electron chi connectivity index (χ1n) is 10.5. The monoisotopic (exact) mass is 452 g/mol. The van der Waals surface area contributed by atoms with Gasteiger partial charge in [-0.15, -0.1) is 0 Å². The average Bonchev–Trinajstić information content (AvgIpc) is 3.10. The topological polar surface area (TPSA) is 120 Å². The first kappa shape index (κ1) is 22.7. The van der Waals surface area contributed by atoms with E-state index in [2.05, 4.69) is 0 Å². The van der Waals surface area contributed by atoms with Gasteiger partial charge in [-0.1, -0.05) is 48.0 Å². The van der Waals surface area contributed by atoms with Crippen molar-refractivity contribution in [3.63, 3.8) is 0 Å². The molecule has 4 atom stereocenters. The van der Waals surface area contributed by atoms with Crippen LogP contribution in [-0.2, 0) is 16.0 Å². The fourth-order valence-electron chi connectivity index (χ4n) is 3.66. The van der Waals surface area contributed by atoms with Crippen LogP contribution in [-0.4, -0.2) is 50.2 Å². The molecule has 0 unspecified atom stereocenters. The molecule has 0 radical (unpaired) electrons. The molecule has 172 valence electrons. The molecule has 1 fully saturated rings. The van der Waals surface area contributed by atoms with Crippen molar-refractivity contribution in [2.45, 2.75) is 38.0 Å². The number of hydrogen-bond acceptors (Lipinski definition) is 7. The Morgan fingerprint density at radius 1 is 1.00 bits per heavy atom. The minimum atomic E-state index is -1.46. The summed E-state index contributed by atoms with van der Waals surface area (Å²) < 4.78 is 13.0. The Kier molecular flexibility index (Phi) is 6.55. The molecule has 0 saturated carbocycles. The highest BCUT2D eigenvalue weighted by Crippen LogP contribution is 2.28. The van der Waals surface area contributed by atoms with E-state index in [-0.39, 0.29) is 13.2 Å². The van der Waals surface area contributed by atoms with Crippen LogP contribution in [0.25, 0.3) is 0 Å². The van der Waals surface area contributed by atoms with E-state index in [0.717, 1.165) is 20.3 Å². The Bertz CT molecular complexity index is 1230. The molecule has 0 amide bonds. The fourth-order valence-corrected chi connectivity index (χ4v) is 3.66. The number of carbonyl (C=O) groups is 1. The summed E-state index contributed by atoms with van der Waals surface area (Å²) in [4.78, 5) is 37.5.